The van der Waals surface area contributed by atoms with Gasteiger partial charge in [-0.3, -0.25) is 0 Å². The van der Waals surface area contributed by atoms with Crippen LogP contribution >= 0.6 is 0 Å². The van der Waals surface area contributed by atoms with Crippen LogP contribution in [0.5, 0.6) is 0 Å². The van der Waals surface area contributed by atoms with Crippen molar-refractivity contribution >= 4 is 17.7 Å². The van der Waals surface area contributed by atoms with Gasteiger partial charge in [0.05, 0.1) is 17.3 Å². The third-order valence-electron chi connectivity index (χ3n) is 2.62. The highest BCUT2D eigenvalue weighted by Crippen LogP contribution is 2.19. The first-order valence-electron chi connectivity index (χ1n) is 6.15. The third kappa shape index (κ3) is 4.45. The first-order chi connectivity index (χ1) is 9.88. The molecule has 2 amide bonds. The molecule has 1 atom stereocenters. The van der Waals surface area contributed by atoms with Crippen LogP contribution in [0.15, 0.2) is 12.1 Å². The molecule has 0 aliphatic heterocycles. The van der Waals surface area contributed by atoms with Gasteiger partial charge in [-0.15, -0.1) is 6.42 Å². The summed E-state index contributed by atoms with van der Waals surface area (Å²) in [5.41, 5.74) is -1.19. The Kier molecular flexibility index (Phi) is 5.67. The third-order valence-corrected chi connectivity index (χ3v) is 2.62. The van der Waals surface area contributed by atoms with Crippen molar-refractivity contribution < 1.29 is 23.5 Å². The first kappa shape index (κ1) is 16.4. The van der Waals surface area contributed by atoms with Crippen LogP contribution in [-0.4, -0.2) is 23.1 Å². The lowest BCUT2D eigenvalue weighted by atomic mass is 10.1. The lowest BCUT2D eigenvalue weighted by molar-refractivity contribution is 0.0692. The first-order valence-corrected chi connectivity index (χ1v) is 6.15. The van der Waals surface area contributed by atoms with E-state index in [1.807, 2.05) is 6.92 Å². The Morgan fingerprint density at radius 1 is 1.38 bits per heavy atom. The van der Waals surface area contributed by atoms with E-state index < -0.39 is 40.9 Å². The van der Waals surface area contributed by atoms with Crippen molar-refractivity contribution in [3.63, 3.8) is 0 Å². The predicted molar refractivity (Wildman–Crippen MR) is 73.0 cm³/mol. The minimum atomic E-state index is -1.57. The maximum Gasteiger partial charge on any atom is 0.338 e. The number of terminal acetylenes is 1. The smallest absolute Gasteiger partial charge is 0.338 e. The van der Waals surface area contributed by atoms with E-state index in [0.717, 1.165) is 6.42 Å². The molecule has 0 aliphatic rings. The van der Waals surface area contributed by atoms with Gasteiger partial charge in [0.2, 0.25) is 0 Å². The maximum absolute atomic E-state index is 13.5. The molecule has 1 unspecified atom stereocenters. The number of rotatable bonds is 5. The zero-order valence-corrected chi connectivity index (χ0v) is 11.2. The number of nitrogens with one attached hydrogen (secondary N) is 2. The molecule has 0 saturated heterocycles. The molecule has 0 heterocycles. The van der Waals surface area contributed by atoms with Gasteiger partial charge in [-0.2, -0.15) is 0 Å². The minimum Gasteiger partial charge on any atom is -0.478 e. The SMILES string of the molecule is C#CC(CCC)NC(=O)Nc1cc(C(=O)O)c(F)cc1F. The Bertz CT molecular complexity index is 597. The molecule has 0 bridgehead atoms. The molecular formula is C14H14F2N2O3. The molecule has 5 nitrogen and oxygen atoms in total. The number of amides is 2. The molecule has 0 fully saturated rings. The van der Waals surface area contributed by atoms with Gasteiger partial charge in [0.1, 0.15) is 11.6 Å². The predicted octanol–water partition coefficient (Wildman–Crippen LogP) is 2.59. The molecule has 0 radical (unpaired) electrons. The highest BCUT2D eigenvalue weighted by atomic mass is 19.1. The number of urea groups is 1. The summed E-state index contributed by atoms with van der Waals surface area (Å²) >= 11 is 0. The van der Waals surface area contributed by atoms with E-state index in [2.05, 4.69) is 16.6 Å². The highest BCUT2D eigenvalue weighted by molar-refractivity contribution is 5.93. The maximum atomic E-state index is 13.5. The fourth-order valence-corrected chi connectivity index (χ4v) is 1.61. The standard InChI is InChI=1S/C14H14F2N2O3/c1-3-5-8(4-2)17-14(21)18-12-6-9(13(19)20)10(15)7-11(12)16/h2,6-8H,3,5H2,1H3,(H,19,20)(H2,17,18,21). The summed E-state index contributed by atoms with van der Waals surface area (Å²) in [6, 6.07) is -0.230. The summed E-state index contributed by atoms with van der Waals surface area (Å²) in [7, 11) is 0. The number of anilines is 1. The Balaban J connectivity index is 2.88. The van der Waals surface area contributed by atoms with Crippen molar-refractivity contribution in [1.29, 1.82) is 0 Å². The van der Waals surface area contributed by atoms with Crippen LogP contribution in [0, 0.1) is 24.0 Å². The molecule has 21 heavy (non-hydrogen) atoms. The van der Waals surface area contributed by atoms with Crippen molar-refractivity contribution in [3.8, 4) is 12.3 Å². The lowest BCUT2D eigenvalue weighted by Gasteiger charge is -2.13. The van der Waals surface area contributed by atoms with Crippen molar-refractivity contribution in [2.45, 2.75) is 25.8 Å². The van der Waals surface area contributed by atoms with Crippen LogP contribution < -0.4 is 10.6 Å². The molecule has 3 N–H and O–H groups in total. The van der Waals surface area contributed by atoms with E-state index in [9.17, 15) is 18.4 Å². The quantitative estimate of drug-likeness (QED) is 0.731. The van der Waals surface area contributed by atoms with Crippen LogP contribution in [0.1, 0.15) is 30.1 Å². The molecule has 112 valence electrons. The van der Waals surface area contributed by atoms with Crippen LogP contribution in [0.3, 0.4) is 0 Å². The van der Waals surface area contributed by atoms with E-state index in [1.54, 1.807) is 0 Å². The van der Waals surface area contributed by atoms with Crippen LogP contribution in [0.4, 0.5) is 19.3 Å². The van der Waals surface area contributed by atoms with Crippen molar-refractivity contribution in [1.82, 2.24) is 5.32 Å². The number of benzene rings is 1. The van der Waals surface area contributed by atoms with Gasteiger partial charge in [-0.25, -0.2) is 18.4 Å². The van der Waals surface area contributed by atoms with Gasteiger partial charge in [0.15, 0.2) is 0 Å². The zero-order chi connectivity index (χ0) is 16.0. The topological polar surface area (TPSA) is 78.4 Å². The van der Waals surface area contributed by atoms with Crippen LogP contribution in [0.25, 0.3) is 0 Å². The number of hydrogen-bond donors (Lipinski definition) is 3. The van der Waals surface area contributed by atoms with Gasteiger partial charge >= 0.3 is 12.0 Å². The second kappa shape index (κ2) is 7.24. The Labute approximate surface area is 120 Å². The molecule has 1 rings (SSSR count). The Hall–Kier alpha value is -2.62. The molecule has 0 saturated carbocycles. The van der Waals surface area contributed by atoms with Gasteiger partial charge in [-0.05, 0) is 12.5 Å². The summed E-state index contributed by atoms with van der Waals surface area (Å²) in [5.74, 6) is -1.52. The van der Waals surface area contributed by atoms with E-state index in [1.165, 1.54) is 0 Å². The second-order valence-corrected chi connectivity index (χ2v) is 4.22. The number of hydrogen-bond acceptors (Lipinski definition) is 2. The molecule has 0 aliphatic carbocycles. The number of carbonyl (C=O) groups is 2. The van der Waals surface area contributed by atoms with Gasteiger partial charge < -0.3 is 15.7 Å². The largest absolute Gasteiger partial charge is 0.478 e. The molecule has 0 spiro atoms. The van der Waals surface area contributed by atoms with E-state index in [-0.39, 0.29) is 0 Å². The summed E-state index contributed by atoms with van der Waals surface area (Å²) in [6.07, 6.45) is 6.50. The minimum absolute atomic E-state index is 0.393. The molecule has 1 aromatic rings. The fraction of sp³-hybridized carbons (Fsp3) is 0.286. The van der Waals surface area contributed by atoms with E-state index >= 15 is 0 Å². The summed E-state index contributed by atoms with van der Waals surface area (Å²) in [5, 5.41) is 13.3. The van der Waals surface area contributed by atoms with Crippen molar-refractivity contribution in [3.05, 3.63) is 29.3 Å². The van der Waals surface area contributed by atoms with Crippen LogP contribution in [0.2, 0.25) is 0 Å². The van der Waals surface area contributed by atoms with Crippen molar-refractivity contribution in [2.24, 2.45) is 0 Å². The normalized spacial score (nSPS) is 11.3. The van der Waals surface area contributed by atoms with Crippen molar-refractivity contribution in [2.75, 3.05) is 5.32 Å². The number of carboxylic acids is 1. The molecule has 0 aromatic heterocycles. The molecular weight excluding hydrogens is 282 g/mol. The second-order valence-electron chi connectivity index (χ2n) is 4.22. The average Bonchev–Trinajstić information content (AvgIpc) is 2.40. The Morgan fingerprint density at radius 3 is 2.57 bits per heavy atom. The summed E-state index contributed by atoms with van der Waals surface area (Å²) < 4.78 is 26.7. The number of aromatic carboxylic acids is 1. The summed E-state index contributed by atoms with van der Waals surface area (Å²) in [4.78, 5) is 22.4. The monoisotopic (exact) mass is 296 g/mol. The fourth-order valence-electron chi connectivity index (χ4n) is 1.61. The van der Waals surface area contributed by atoms with E-state index in [4.69, 9.17) is 11.5 Å². The van der Waals surface area contributed by atoms with Crippen LogP contribution in [-0.2, 0) is 0 Å². The zero-order valence-electron chi connectivity index (χ0n) is 11.2. The Morgan fingerprint density at radius 2 is 2.05 bits per heavy atom. The van der Waals surface area contributed by atoms with Gasteiger partial charge in [0, 0.05) is 6.07 Å². The number of halogens is 2. The number of carboxylic acid groups (broad SMARTS) is 1. The average molecular weight is 296 g/mol. The van der Waals surface area contributed by atoms with E-state index in [0.29, 0.717) is 18.6 Å². The lowest BCUT2D eigenvalue weighted by Crippen LogP contribution is -2.37. The summed E-state index contributed by atoms with van der Waals surface area (Å²) in [6.45, 7) is 1.88. The molecule has 7 heteroatoms. The van der Waals surface area contributed by atoms with Gasteiger partial charge in [-0.1, -0.05) is 19.3 Å². The molecule has 1 aromatic carbocycles. The van der Waals surface area contributed by atoms with Gasteiger partial charge in [0.25, 0.3) is 0 Å². The number of carbonyl (C=O) groups excluding carboxylic acids is 1. The highest BCUT2D eigenvalue weighted by Gasteiger charge is 2.17.